The molecule has 2 aromatic rings. The number of hydrogen-bond donors (Lipinski definition) is 3. The summed E-state index contributed by atoms with van der Waals surface area (Å²) in [6, 6.07) is 11.0. The summed E-state index contributed by atoms with van der Waals surface area (Å²) >= 11 is 8.66. The Morgan fingerprint density at radius 3 is 2.39 bits per heavy atom. The molecule has 0 aliphatic carbocycles. The van der Waals surface area contributed by atoms with Crippen molar-refractivity contribution in [2.24, 2.45) is 0 Å². The fraction of sp³-hybridized carbons (Fsp3) is 0.391. The van der Waals surface area contributed by atoms with Crippen molar-refractivity contribution < 1.29 is 17.9 Å². The van der Waals surface area contributed by atoms with E-state index in [1.807, 2.05) is 0 Å². The summed E-state index contributed by atoms with van der Waals surface area (Å²) in [5, 5.41) is 5.60. The fourth-order valence-corrected chi connectivity index (χ4v) is 4.86. The zero-order valence-electron chi connectivity index (χ0n) is 19.0. The Morgan fingerprint density at radius 2 is 1.79 bits per heavy atom. The summed E-state index contributed by atoms with van der Waals surface area (Å²) < 4.78 is 33.4. The van der Waals surface area contributed by atoms with Gasteiger partial charge in [-0.1, -0.05) is 26.2 Å². The number of sulfonamides is 1. The van der Waals surface area contributed by atoms with Crippen LogP contribution >= 0.6 is 28.1 Å². The van der Waals surface area contributed by atoms with Crippen molar-refractivity contribution in [3.8, 4) is 5.75 Å². The minimum atomic E-state index is -3.57. The Hall–Kier alpha value is -2.01. The van der Waals surface area contributed by atoms with Crippen LogP contribution in [0, 0.1) is 0 Å². The highest BCUT2D eigenvalue weighted by Gasteiger charge is 2.15. The highest BCUT2D eigenvalue weighted by molar-refractivity contribution is 9.10. The SMILES string of the molecule is CCCCCCOc1ccc(C(=O)NC(=S)Nc2ccc(S(=O)(=O)NC(C)C)cc2)cc1Br. The summed E-state index contributed by atoms with van der Waals surface area (Å²) in [7, 11) is -3.57. The van der Waals surface area contributed by atoms with Gasteiger partial charge in [0.05, 0.1) is 16.0 Å². The zero-order chi connectivity index (χ0) is 24.4. The van der Waals surface area contributed by atoms with E-state index in [-0.39, 0.29) is 22.0 Å². The molecule has 0 saturated carbocycles. The first-order valence-corrected chi connectivity index (χ1v) is 13.5. The van der Waals surface area contributed by atoms with Crippen molar-refractivity contribution in [3.63, 3.8) is 0 Å². The third-order valence-corrected chi connectivity index (χ3v) is 6.99. The second-order valence-electron chi connectivity index (χ2n) is 7.76. The lowest BCUT2D eigenvalue weighted by Gasteiger charge is -2.13. The maximum absolute atomic E-state index is 12.5. The molecular formula is C23H30BrN3O4S2. The highest BCUT2D eigenvalue weighted by atomic mass is 79.9. The Morgan fingerprint density at radius 1 is 1.09 bits per heavy atom. The molecule has 1 amide bonds. The highest BCUT2D eigenvalue weighted by Crippen LogP contribution is 2.26. The van der Waals surface area contributed by atoms with Gasteiger partial charge >= 0.3 is 0 Å². The van der Waals surface area contributed by atoms with E-state index in [1.165, 1.54) is 25.0 Å². The van der Waals surface area contributed by atoms with Gasteiger partial charge in [0.15, 0.2) is 5.11 Å². The molecule has 0 spiro atoms. The van der Waals surface area contributed by atoms with Crippen molar-refractivity contribution in [2.45, 2.75) is 57.4 Å². The van der Waals surface area contributed by atoms with Gasteiger partial charge in [0.2, 0.25) is 10.0 Å². The van der Waals surface area contributed by atoms with Gasteiger partial charge in [0.1, 0.15) is 5.75 Å². The molecule has 0 radical (unpaired) electrons. The second-order valence-corrected chi connectivity index (χ2v) is 10.7. The molecular weight excluding hydrogens is 526 g/mol. The van der Waals surface area contributed by atoms with Crippen LogP contribution in [0.5, 0.6) is 5.75 Å². The molecule has 180 valence electrons. The molecule has 2 aromatic carbocycles. The lowest BCUT2D eigenvalue weighted by atomic mass is 10.2. The third-order valence-electron chi connectivity index (χ3n) is 4.49. The van der Waals surface area contributed by atoms with Crippen LogP contribution in [0.1, 0.15) is 56.8 Å². The van der Waals surface area contributed by atoms with Crippen LogP contribution in [0.3, 0.4) is 0 Å². The van der Waals surface area contributed by atoms with Crippen LogP contribution in [0.25, 0.3) is 0 Å². The number of benzene rings is 2. The van der Waals surface area contributed by atoms with Crippen LogP contribution in [0.2, 0.25) is 0 Å². The first kappa shape index (κ1) is 27.2. The van der Waals surface area contributed by atoms with E-state index in [4.69, 9.17) is 17.0 Å². The van der Waals surface area contributed by atoms with Gasteiger partial charge in [-0.3, -0.25) is 10.1 Å². The smallest absolute Gasteiger partial charge is 0.257 e. The molecule has 0 bridgehead atoms. The van der Waals surface area contributed by atoms with Gasteiger partial charge in [0, 0.05) is 17.3 Å². The quantitative estimate of drug-likeness (QED) is 0.260. The van der Waals surface area contributed by atoms with E-state index < -0.39 is 10.0 Å². The molecule has 0 fully saturated rings. The largest absolute Gasteiger partial charge is 0.492 e. The Kier molecular flexibility index (Phi) is 10.7. The number of anilines is 1. The Balaban J connectivity index is 1.91. The molecule has 10 heteroatoms. The number of ether oxygens (including phenoxy) is 1. The molecule has 0 unspecified atom stereocenters. The number of thiocarbonyl (C=S) groups is 1. The van der Waals surface area contributed by atoms with Gasteiger partial charge in [-0.2, -0.15) is 0 Å². The summed E-state index contributed by atoms with van der Waals surface area (Å²) in [6.07, 6.45) is 4.49. The normalized spacial score (nSPS) is 11.3. The molecule has 0 heterocycles. The maximum atomic E-state index is 12.5. The fourth-order valence-electron chi connectivity index (χ4n) is 2.90. The van der Waals surface area contributed by atoms with E-state index in [9.17, 15) is 13.2 Å². The second kappa shape index (κ2) is 13.0. The lowest BCUT2D eigenvalue weighted by Crippen LogP contribution is -2.34. The summed E-state index contributed by atoms with van der Waals surface area (Å²) in [6.45, 7) is 6.30. The molecule has 0 atom stereocenters. The molecule has 0 aliphatic heterocycles. The first-order valence-electron chi connectivity index (χ1n) is 10.8. The number of nitrogens with one attached hydrogen (secondary N) is 3. The number of carbonyl (C=O) groups excluding carboxylic acids is 1. The van der Waals surface area contributed by atoms with E-state index in [0.29, 0.717) is 28.1 Å². The minimum absolute atomic E-state index is 0.100. The third kappa shape index (κ3) is 9.04. The Labute approximate surface area is 209 Å². The lowest BCUT2D eigenvalue weighted by molar-refractivity contribution is 0.0977. The Bertz CT molecular complexity index is 1060. The zero-order valence-corrected chi connectivity index (χ0v) is 22.2. The predicted molar refractivity (Wildman–Crippen MR) is 139 cm³/mol. The number of amides is 1. The number of rotatable bonds is 11. The van der Waals surface area contributed by atoms with Crippen LogP contribution in [-0.2, 0) is 10.0 Å². The van der Waals surface area contributed by atoms with Gasteiger partial charge in [-0.05, 0) is 90.9 Å². The molecule has 3 N–H and O–H groups in total. The minimum Gasteiger partial charge on any atom is -0.492 e. The van der Waals surface area contributed by atoms with Crippen LogP contribution in [0.15, 0.2) is 51.8 Å². The van der Waals surface area contributed by atoms with Crippen LogP contribution in [-0.4, -0.2) is 32.1 Å². The molecule has 0 aromatic heterocycles. The number of carbonyl (C=O) groups is 1. The molecule has 0 aliphatic rings. The molecule has 0 saturated heterocycles. The number of halogens is 1. The number of hydrogen-bond acceptors (Lipinski definition) is 5. The summed E-state index contributed by atoms with van der Waals surface area (Å²) in [5.74, 6) is 0.314. The van der Waals surface area contributed by atoms with E-state index in [2.05, 4.69) is 38.2 Å². The first-order chi connectivity index (χ1) is 15.6. The van der Waals surface area contributed by atoms with Gasteiger partial charge in [0.25, 0.3) is 5.91 Å². The van der Waals surface area contributed by atoms with Crippen LogP contribution in [0.4, 0.5) is 5.69 Å². The average Bonchev–Trinajstić information content (AvgIpc) is 2.74. The van der Waals surface area contributed by atoms with Crippen molar-refractivity contribution >= 4 is 54.9 Å². The van der Waals surface area contributed by atoms with Crippen molar-refractivity contribution in [1.82, 2.24) is 10.0 Å². The van der Waals surface area contributed by atoms with E-state index in [1.54, 1.807) is 44.2 Å². The summed E-state index contributed by atoms with van der Waals surface area (Å²) in [4.78, 5) is 12.7. The van der Waals surface area contributed by atoms with Crippen molar-refractivity contribution in [2.75, 3.05) is 11.9 Å². The van der Waals surface area contributed by atoms with Gasteiger partial charge in [-0.25, -0.2) is 13.1 Å². The van der Waals surface area contributed by atoms with E-state index in [0.717, 1.165) is 12.8 Å². The summed E-state index contributed by atoms with van der Waals surface area (Å²) in [5.41, 5.74) is 0.974. The van der Waals surface area contributed by atoms with Crippen molar-refractivity contribution in [1.29, 1.82) is 0 Å². The van der Waals surface area contributed by atoms with E-state index >= 15 is 0 Å². The van der Waals surface area contributed by atoms with Crippen molar-refractivity contribution in [3.05, 3.63) is 52.5 Å². The topological polar surface area (TPSA) is 96.5 Å². The molecule has 2 rings (SSSR count). The van der Waals surface area contributed by atoms with Crippen LogP contribution < -0.4 is 20.1 Å². The average molecular weight is 557 g/mol. The maximum Gasteiger partial charge on any atom is 0.257 e. The predicted octanol–water partition coefficient (Wildman–Crippen LogP) is 5.22. The van der Waals surface area contributed by atoms with Gasteiger partial charge < -0.3 is 10.1 Å². The molecule has 7 nitrogen and oxygen atoms in total. The molecule has 33 heavy (non-hydrogen) atoms. The standard InChI is InChI=1S/C23H30BrN3O4S2/c1-4-5-6-7-14-31-21-13-8-17(15-20(21)24)22(28)26-23(32)25-18-9-11-19(12-10-18)33(29,30)27-16(2)3/h8-13,15-16,27H,4-7,14H2,1-3H3,(H2,25,26,28,32). The monoisotopic (exact) mass is 555 g/mol. The van der Waals surface area contributed by atoms with Gasteiger partial charge in [-0.15, -0.1) is 0 Å². The number of unbranched alkanes of at least 4 members (excludes halogenated alkanes) is 3.